The molecule has 6 nitrogen and oxygen atoms in total. The smallest absolute Gasteiger partial charge is 0.348 e. The van der Waals surface area contributed by atoms with Crippen molar-refractivity contribution in [2.24, 2.45) is 0 Å². The number of carbonyl (C=O) groups excluding carboxylic acids is 1. The third kappa shape index (κ3) is 3.60. The van der Waals surface area contributed by atoms with Gasteiger partial charge in [-0.05, 0) is 32.4 Å². The lowest BCUT2D eigenvalue weighted by Crippen LogP contribution is -2.19. The maximum absolute atomic E-state index is 12.1. The SMILES string of the molecule is COC(=O)c1sc2nc(C)nc(N(C)Cc3cc(C)ccc3OC)c2c1C. The van der Waals surface area contributed by atoms with E-state index in [1.807, 2.05) is 33.0 Å². The van der Waals surface area contributed by atoms with Crippen LogP contribution in [-0.4, -0.2) is 37.2 Å². The van der Waals surface area contributed by atoms with Crippen LogP contribution in [0.1, 0.15) is 32.2 Å². The first kappa shape index (κ1) is 19.1. The number of ether oxygens (including phenoxy) is 2. The van der Waals surface area contributed by atoms with Gasteiger partial charge < -0.3 is 14.4 Å². The Hall–Kier alpha value is -2.67. The van der Waals surface area contributed by atoms with Crippen LogP contribution in [0.25, 0.3) is 10.2 Å². The molecule has 0 saturated carbocycles. The lowest BCUT2D eigenvalue weighted by atomic mass is 10.1. The van der Waals surface area contributed by atoms with E-state index in [4.69, 9.17) is 9.47 Å². The molecule has 0 aliphatic rings. The first-order valence-electron chi connectivity index (χ1n) is 8.56. The Kier molecular flexibility index (Phi) is 5.32. The molecule has 0 aliphatic heterocycles. The van der Waals surface area contributed by atoms with Gasteiger partial charge in [0.15, 0.2) is 0 Å². The van der Waals surface area contributed by atoms with Gasteiger partial charge in [0, 0.05) is 19.2 Å². The topological polar surface area (TPSA) is 64.5 Å². The minimum Gasteiger partial charge on any atom is -0.496 e. The number of aromatic nitrogens is 2. The van der Waals surface area contributed by atoms with Crippen molar-refractivity contribution < 1.29 is 14.3 Å². The summed E-state index contributed by atoms with van der Waals surface area (Å²) in [5.74, 6) is 1.96. The monoisotopic (exact) mass is 385 g/mol. The van der Waals surface area contributed by atoms with E-state index in [1.165, 1.54) is 24.0 Å². The molecule has 0 unspecified atom stereocenters. The van der Waals surface area contributed by atoms with E-state index in [-0.39, 0.29) is 5.97 Å². The quantitative estimate of drug-likeness (QED) is 0.618. The number of hydrogen-bond acceptors (Lipinski definition) is 7. The second-order valence-electron chi connectivity index (χ2n) is 6.49. The maximum Gasteiger partial charge on any atom is 0.348 e. The highest BCUT2D eigenvalue weighted by atomic mass is 32.1. The molecule has 0 aliphatic carbocycles. The van der Waals surface area contributed by atoms with Crippen LogP contribution in [0, 0.1) is 20.8 Å². The molecule has 0 N–H and O–H groups in total. The number of rotatable bonds is 5. The lowest BCUT2D eigenvalue weighted by Gasteiger charge is -2.21. The van der Waals surface area contributed by atoms with Crippen LogP contribution < -0.4 is 9.64 Å². The molecule has 0 radical (unpaired) electrons. The number of thiophene rings is 1. The van der Waals surface area contributed by atoms with Crippen molar-refractivity contribution in [2.45, 2.75) is 27.3 Å². The van der Waals surface area contributed by atoms with Crippen molar-refractivity contribution in [2.75, 3.05) is 26.2 Å². The molecule has 0 fully saturated rings. The molecule has 0 bridgehead atoms. The molecule has 2 aromatic heterocycles. The van der Waals surface area contributed by atoms with Gasteiger partial charge in [-0.2, -0.15) is 0 Å². The summed E-state index contributed by atoms with van der Waals surface area (Å²) < 4.78 is 10.4. The second-order valence-corrected chi connectivity index (χ2v) is 7.49. The Bertz CT molecular complexity index is 1010. The van der Waals surface area contributed by atoms with Crippen molar-refractivity contribution >= 4 is 33.3 Å². The molecule has 142 valence electrons. The zero-order valence-corrected chi connectivity index (χ0v) is 17.2. The van der Waals surface area contributed by atoms with E-state index in [9.17, 15) is 4.79 Å². The summed E-state index contributed by atoms with van der Waals surface area (Å²) in [5.41, 5.74) is 3.09. The van der Waals surface area contributed by atoms with Gasteiger partial charge in [0.2, 0.25) is 0 Å². The van der Waals surface area contributed by atoms with Gasteiger partial charge in [-0.3, -0.25) is 0 Å². The second kappa shape index (κ2) is 7.52. The van der Waals surface area contributed by atoms with Gasteiger partial charge in [0.1, 0.15) is 27.1 Å². The fourth-order valence-corrected chi connectivity index (χ4v) is 4.29. The summed E-state index contributed by atoms with van der Waals surface area (Å²) in [5, 5.41) is 0.889. The fraction of sp³-hybridized carbons (Fsp3) is 0.350. The van der Waals surface area contributed by atoms with E-state index in [0.29, 0.717) is 17.2 Å². The van der Waals surface area contributed by atoms with Crippen molar-refractivity contribution in [3.8, 4) is 5.75 Å². The Morgan fingerprint density at radius 1 is 1.19 bits per heavy atom. The highest BCUT2D eigenvalue weighted by Gasteiger charge is 2.22. The van der Waals surface area contributed by atoms with E-state index in [1.54, 1.807) is 7.11 Å². The summed E-state index contributed by atoms with van der Waals surface area (Å²) in [4.78, 5) is 24.7. The van der Waals surface area contributed by atoms with E-state index < -0.39 is 0 Å². The minimum absolute atomic E-state index is 0.345. The first-order chi connectivity index (χ1) is 12.8. The Morgan fingerprint density at radius 2 is 1.93 bits per heavy atom. The number of anilines is 1. The fourth-order valence-electron chi connectivity index (χ4n) is 3.15. The van der Waals surface area contributed by atoms with E-state index >= 15 is 0 Å². The van der Waals surface area contributed by atoms with Crippen LogP contribution in [0.3, 0.4) is 0 Å². The number of methoxy groups -OCH3 is 2. The van der Waals surface area contributed by atoms with Gasteiger partial charge in [-0.1, -0.05) is 17.7 Å². The summed E-state index contributed by atoms with van der Waals surface area (Å²) in [6.45, 7) is 6.45. The van der Waals surface area contributed by atoms with Crippen molar-refractivity contribution in [1.29, 1.82) is 0 Å². The molecule has 3 aromatic rings. The van der Waals surface area contributed by atoms with Crippen molar-refractivity contribution in [3.63, 3.8) is 0 Å². The van der Waals surface area contributed by atoms with Crippen LogP contribution in [-0.2, 0) is 11.3 Å². The summed E-state index contributed by atoms with van der Waals surface area (Å²) in [6.07, 6.45) is 0. The average Bonchev–Trinajstić information content (AvgIpc) is 2.97. The third-order valence-corrected chi connectivity index (χ3v) is 5.62. The largest absolute Gasteiger partial charge is 0.496 e. The third-order valence-electron chi connectivity index (χ3n) is 4.46. The first-order valence-corrected chi connectivity index (χ1v) is 9.38. The standard InChI is InChI=1S/C20H23N3O3S/c1-11-7-8-15(25-5)14(9-11)10-23(4)18-16-12(2)17(20(24)26-6)27-19(16)22-13(3)21-18/h7-9H,10H2,1-6H3. The average molecular weight is 385 g/mol. The number of carbonyl (C=O) groups is 1. The number of benzene rings is 1. The van der Waals surface area contributed by atoms with Crippen LogP contribution >= 0.6 is 11.3 Å². The zero-order valence-electron chi connectivity index (χ0n) is 16.4. The van der Waals surface area contributed by atoms with Crippen LogP contribution in [0.2, 0.25) is 0 Å². The Labute approximate surface area is 162 Å². The van der Waals surface area contributed by atoms with Gasteiger partial charge in [0.05, 0.1) is 19.6 Å². The molecule has 0 saturated heterocycles. The van der Waals surface area contributed by atoms with Crippen LogP contribution in [0.15, 0.2) is 18.2 Å². The van der Waals surface area contributed by atoms with Crippen LogP contribution in [0.4, 0.5) is 5.82 Å². The van der Waals surface area contributed by atoms with Gasteiger partial charge in [-0.25, -0.2) is 14.8 Å². The molecule has 1 aromatic carbocycles. The van der Waals surface area contributed by atoms with Gasteiger partial charge in [-0.15, -0.1) is 11.3 Å². The number of nitrogens with zero attached hydrogens (tertiary/aromatic N) is 3. The predicted octanol–water partition coefficient (Wildman–Crippen LogP) is 4.05. The normalized spacial score (nSPS) is 10.9. The minimum atomic E-state index is -0.345. The Balaban J connectivity index is 2.09. The number of esters is 1. The molecular weight excluding hydrogens is 362 g/mol. The molecule has 7 heteroatoms. The van der Waals surface area contributed by atoms with E-state index in [2.05, 4.69) is 27.9 Å². The van der Waals surface area contributed by atoms with E-state index in [0.717, 1.165) is 32.9 Å². The van der Waals surface area contributed by atoms with Crippen LogP contribution in [0.5, 0.6) is 5.75 Å². The zero-order chi connectivity index (χ0) is 19.7. The predicted molar refractivity (Wildman–Crippen MR) is 108 cm³/mol. The maximum atomic E-state index is 12.1. The molecular formula is C20H23N3O3S. The summed E-state index contributed by atoms with van der Waals surface area (Å²) >= 11 is 1.34. The van der Waals surface area contributed by atoms with Crippen molar-refractivity contribution in [1.82, 2.24) is 9.97 Å². The Morgan fingerprint density at radius 3 is 2.59 bits per heavy atom. The van der Waals surface area contributed by atoms with Gasteiger partial charge in [0.25, 0.3) is 0 Å². The molecule has 0 spiro atoms. The molecule has 2 heterocycles. The number of hydrogen-bond donors (Lipinski definition) is 0. The molecule has 27 heavy (non-hydrogen) atoms. The number of aryl methyl sites for hydroxylation is 3. The highest BCUT2D eigenvalue weighted by molar-refractivity contribution is 7.20. The van der Waals surface area contributed by atoms with Crippen molar-refractivity contribution in [3.05, 3.63) is 45.6 Å². The lowest BCUT2D eigenvalue weighted by molar-refractivity contribution is 0.0605. The molecule has 0 amide bonds. The highest BCUT2D eigenvalue weighted by Crippen LogP contribution is 2.36. The molecule has 3 rings (SSSR count). The summed E-state index contributed by atoms with van der Waals surface area (Å²) in [7, 11) is 5.05. The number of fused-ring (bicyclic) bond motifs is 1. The van der Waals surface area contributed by atoms with Gasteiger partial charge >= 0.3 is 5.97 Å². The molecule has 0 atom stereocenters. The summed E-state index contributed by atoms with van der Waals surface area (Å²) in [6, 6.07) is 6.12.